The molecule has 1 aliphatic carbocycles. The zero-order valence-electron chi connectivity index (χ0n) is 12.5. The Labute approximate surface area is 134 Å². The number of fused-ring (bicyclic) bond motifs is 3. The number of amides is 1. The van der Waals surface area contributed by atoms with Crippen LogP contribution in [0.15, 0.2) is 42.5 Å². The van der Waals surface area contributed by atoms with Crippen molar-refractivity contribution < 1.29 is 18.0 Å². The third-order valence-electron chi connectivity index (χ3n) is 3.75. The van der Waals surface area contributed by atoms with Crippen LogP contribution in [0.5, 0.6) is 0 Å². The summed E-state index contributed by atoms with van der Waals surface area (Å²) in [6.45, 7) is 0.0446. The van der Waals surface area contributed by atoms with E-state index in [0.717, 1.165) is 17.4 Å². The van der Waals surface area contributed by atoms with Gasteiger partial charge in [0.15, 0.2) is 5.78 Å². The minimum absolute atomic E-state index is 0.0446. The third kappa shape index (κ3) is 3.03. The maximum Gasteiger partial charge on any atom is 0.251 e. The first-order valence-electron chi connectivity index (χ1n) is 7.11. The summed E-state index contributed by atoms with van der Waals surface area (Å²) in [5, 5.41) is 2.55. The Bertz CT molecular complexity index is 916. The maximum atomic E-state index is 12.4. The van der Waals surface area contributed by atoms with Crippen molar-refractivity contribution in [1.82, 2.24) is 5.32 Å². The molecule has 0 heterocycles. The molecule has 118 valence electrons. The number of hydrogen-bond donors (Lipinski definition) is 1. The molecule has 3 rings (SSSR count). The first kappa shape index (κ1) is 15.4. The van der Waals surface area contributed by atoms with Gasteiger partial charge < -0.3 is 5.32 Å². The maximum absolute atomic E-state index is 12.4. The Morgan fingerprint density at radius 3 is 2.35 bits per heavy atom. The molecule has 0 radical (unpaired) electrons. The van der Waals surface area contributed by atoms with Crippen LogP contribution in [0.1, 0.15) is 26.3 Å². The van der Waals surface area contributed by atoms with Gasteiger partial charge in [0.25, 0.3) is 5.91 Å². The highest BCUT2D eigenvalue weighted by Crippen LogP contribution is 2.36. The van der Waals surface area contributed by atoms with Crippen LogP contribution >= 0.6 is 0 Å². The van der Waals surface area contributed by atoms with E-state index in [1.807, 2.05) is 12.1 Å². The minimum atomic E-state index is -3.13. The van der Waals surface area contributed by atoms with E-state index in [0.29, 0.717) is 16.7 Å². The number of carbonyl (C=O) groups is 2. The number of ketones is 1. The lowest BCUT2D eigenvalue weighted by Gasteiger charge is -2.06. The first-order chi connectivity index (χ1) is 10.9. The van der Waals surface area contributed by atoms with Crippen LogP contribution in [-0.2, 0) is 9.84 Å². The van der Waals surface area contributed by atoms with E-state index in [9.17, 15) is 18.0 Å². The smallest absolute Gasteiger partial charge is 0.251 e. The van der Waals surface area contributed by atoms with E-state index >= 15 is 0 Å². The van der Waals surface area contributed by atoms with Crippen LogP contribution < -0.4 is 5.32 Å². The minimum Gasteiger partial charge on any atom is -0.351 e. The van der Waals surface area contributed by atoms with Gasteiger partial charge in [-0.3, -0.25) is 9.59 Å². The average molecular weight is 329 g/mol. The lowest BCUT2D eigenvalue weighted by molar-refractivity contribution is 0.0956. The molecule has 2 aromatic rings. The van der Waals surface area contributed by atoms with Gasteiger partial charge in [0.1, 0.15) is 9.84 Å². The van der Waals surface area contributed by atoms with Crippen molar-refractivity contribution in [2.45, 2.75) is 0 Å². The molecule has 0 aromatic heterocycles. The predicted molar refractivity (Wildman–Crippen MR) is 87.4 cm³/mol. The summed E-state index contributed by atoms with van der Waals surface area (Å²) in [7, 11) is -3.13. The molecular formula is C17H15NO4S. The fraction of sp³-hybridized carbons (Fsp3) is 0.176. The van der Waals surface area contributed by atoms with Crippen LogP contribution in [-0.4, -0.2) is 38.7 Å². The Morgan fingerprint density at radius 1 is 1.00 bits per heavy atom. The fourth-order valence-corrected chi connectivity index (χ4v) is 3.09. The molecule has 0 spiro atoms. The van der Waals surface area contributed by atoms with E-state index in [1.165, 1.54) is 0 Å². The molecule has 6 heteroatoms. The van der Waals surface area contributed by atoms with E-state index < -0.39 is 9.84 Å². The largest absolute Gasteiger partial charge is 0.351 e. The van der Waals surface area contributed by atoms with Crippen LogP contribution in [0.4, 0.5) is 0 Å². The monoisotopic (exact) mass is 329 g/mol. The normalized spacial score (nSPS) is 12.7. The zero-order chi connectivity index (χ0) is 16.6. The number of carbonyl (C=O) groups excluding carboxylic acids is 2. The van der Waals surface area contributed by atoms with E-state index in [4.69, 9.17) is 0 Å². The number of sulfone groups is 1. The van der Waals surface area contributed by atoms with Gasteiger partial charge in [0.2, 0.25) is 0 Å². The molecule has 0 aliphatic heterocycles. The predicted octanol–water partition coefficient (Wildman–Crippen LogP) is 1.67. The number of hydrogen-bond acceptors (Lipinski definition) is 4. The van der Waals surface area contributed by atoms with Crippen LogP contribution in [0.25, 0.3) is 11.1 Å². The van der Waals surface area contributed by atoms with Gasteiger partial charge in [-0.05, 0) is 23.3 Å². The van der Waals surface area contributed by atoms with E-state index in [1.54, 1.807) is 30.3 Å². The molecule has 5 nitrogen and oxygen atoms in total. The molecule has 0 fully saturated rings. The second-order valence-electron chi connectivity index (χ2n) is 5.52. The van der Waals surface area contributed by atoms with Gasteiger partial charge in [0.05, 0.1) is 5.75 Å². The van der Waals surface area contributed by atoms with Crippen molar-refractivity contribution in [1.29, 1.82) is 0 Å². The molecule has 1 amide bonds. The summed E-state index contributed by atoms with van der Waals surface area (Å²) < 4.78 is 22.2. The van der Waals surface area contributed by atoms with E-state index in [2.05, 4.69) is 5.32 Å². The molecule has 0 atom stereocenters. The quantitative estimate of drug-likeness (QED) is 0.789. The molecule has 1 N–H and O–H groups in total. The van der Waals surface area contributed by atoms with Crippen molar-refractivity contribution in [2.75, 3.05) is 18.6 Å². The highest BCUT2D eigenvalue weighted by atomic mass is 32.2. The van der Waals surface area contributed by atoms with Gasteiger partial charge in [-0.2, -0.15) is 0 Å². The van der Waals surface area contributed by atoms with Crippen molar-refractivity contribution >= 4 is 21.5 Å². The van der Waals surface area contributed by atoms with Crippen molar-refractivity contribution in [3.05, 3.63) is 59.2 Å². The summed E-state index contributed by atoms with van der Waals surface area (Å²) in [6.07, 6.45) is 1.12. The topological polar surface area (TPSA) is 80.3 Å². The van der Waals surface area contributed by atoms with Crippen LogP contribution in [0.3, 0.4) is 0 Å². The standard InChI is InChI=1S/C17H15NO4S/c1-23(21,22)9-8-18-17(20)11-6-7-13-12-4-2-3-5-14(12)16(19)15(13)10-11/h2-7,10H,8-9H2,1H3,(H,18,20). The summed E-state index contributed by atoms with van der Waals surface area (Å²) in [6, 6.07) is 12.3. The number of rotatable bonds is 4. The Morgan fingerprint density at radius 2 is 1.65 bits per heavy atom. The molecule has 0 bridgehead atoms. The summed E-state index contributed by atoms with van der Waals surface area (Å²) >= 11 is 0. The SMILES string of the molecule is CS(=O)(=O)CCNC(=O)c1ccc2c(c1)C(=O)c1ccccc1-2. The first-order valence-corrected chi connectivity index (χ1v) is 9.17. The van der Waals surface area contributed by atoms with E-state index in [-0.39, 0.29) is 24.0 Å². The lowest BCUT2D eigenvalue weighted by Crippen LogP contribution is -2.28. The Hall–Kier alpha value is -2.47. The fourth-order valence-electron chi connectivity index (χ4n) is 2.62. The van der Waals surface area contributed by atoms with Crippen LogP contribution in [0.2, 0.25) is 0 Å². The molecule has 0 unspecified atom stereocenters. The Kier molecular flexibility index (Phi) is 3.77. The number of benzene rings is 2. The third-order valence-corrected chi connectivity index (χ3v) is 4.69. The Balaban J connectivity index is 1.83. The van der Waals surface area contributed by atoms with Crippen LogP contribution in [0, 0.1) is 0 Å². The summed E-state index contributed by atoms with van der Waals surface area (Å²) in [5.41, 5.74) is 3.17. The van der Waals surface area contributed by atoms with Gasteiger partial charge in [0, 0.05) is 29.5 Å². The molecule has 2 aromatic carbocycles. The van der Waals surface area contributed by atoms with Gasteiger partial charge in [-0.25, -0.2) is 8.42 Å². The molecular weight excluding hydrogens is 314 g/mol. The second-order valence-corrected chi connectivity index (χ2v) is 7.78. The second kappa shape index (κ2) is 5.62. The average Bonchev–Trinajstić information content (AvgIpc) is 2.79. The highest BCUT2D eigenvalue weighted by molar-refractivity contribution is 7.90. The highest BCUT2D eigenvalue weighted by Gasteiger charge is 2.26. The molecule has 23 heavy (non-hydrogen) atoms. The zero-order valence-corrected chi connectivity index (χ0v) is 13.3. The number of nitrogens with one attached hydrogen (secondary N) is 1. The van der Waals surface area contributed by atoms with Gasteiger partial charge >= 0.3 is 0 Å². The molecule has 0 saturated heterocycles. The van der Waals surface area contributed by atoms with Crippen molar-refractivity contribution in [2.24, 2.45) is 0 Å². The molecule has 1 aliphatic rings. The summed E-state index contributed by atoms with van der Waals surface area (Å²) in [5.74, 6) is -0.602. The van der Waals surface area contributed by atoms with Crippen molar-refractivity contribution in [3.63, 3.8) is 0 Å². The van der Waals surface area contributed by atoms with Gasteiger partial charge in [-0.1, -0.05) is 30.3 Å². The van der Waals surface area contributed by atoms with Crippen molar-refractivity contribution in [3.8, 4) is 11.1 Å². The summed E-state index contributed by atoms with van der Waals surface area (Å²) in [4.78, 5) is 24.5. The van der Waals surface area contributed by atoms with Gasteiger partial charge in [-0.15, -0.1) is 0 Å². The lowest BCUT2D eigenvalue weighted by atomic mass is 10.0. The molecule has 0 saturated carbocycles.